The summed E-state index contributed by atoms with van der Waals surface area (Å²) in [5, 5.41) is 0. The maximum Gasteiger partial charge on any atom is 0.168 e. The molecule has 17 heavy (non-hydrogen) atoms. The second kappa shape index (κ2) is 7.68. The van der Waals surface area contributed by atoms with Gasteiger partial charge in [-0.25, -0.2) is 9.97 Å². The number of hydrogen-bond acceptors (Lipinski definition) is 3. The fourth-order valence-corrected chi connectivity index (χ4v) is 2.16. The van der Waals surface area contributed by atoms with Gasteiger partial charge in [-0.15, -0.1) is 0 Å². The molecule has 0 radical (unpaired) electrons. The summed E-state index contributed by atoms with van der Waals surface area (Å²) < 4.78 is 2.39. The van der Waals surface area contributed by atoms with Crippen molar-refractivity contribution in [3.8, 4) is 0 Å². The summed E-state index contributed by atoms with van der Waals surface area (Å²) in [7, 11) is 0. The van der Waals surface area contributed by atoms with E-state index in [1.54, 1.807) is 18.2 Å². The molecule has 2 aromatic rings. The molecule has 0 bridgehead atoms. The average Bonchev–Trinajstić information content (AvgIpc) is 2.29. The van der Waals surface area contributed by atoms with E-state index in [4.69, 9.17) is 0 Å². The van der Waals surface area contributed by atoms with E-state index in [1.807, 2.05) is 18.2 Å². The summed E-state index contributed by atoms with van der Waals surface area (Å²) in [5.74, 6) is 0. The molecule has 0 aromatic carbocycles. The van der Waals surface area contributed by atoms with Gasteiger partial charge < -0.3 is 0 Å². The number of halogens is 3. The first-order valence-electron chi connectivity index (χ1n) is 4.47. The van der Waals surface area contributed by atoms with Gasteiger partial charge in [0.05, 0.1) is 0 Å². The van der Waals surface area contributed by atoms with Gasteiger partial charge in [0, 0.05) is 0 Å². The van der Waals surface area contributed by atoms with Crippen molar-refractivity contribution in [1.29, 1.82) is 0 Å². The molecule has 0 amide bonds. The quantitative estimate of drug-likeness (QED) is 0.509. The van der Waals surface area contributed by atoms with Gasteiger partial charge in [-0.1, -0.05) is 12.1 Å². The van der Waals surface area contributed by atoms with Crippen LogP contribution in [0.5, 0.6) is 0 Å². The molecule has 0 N–H and O–H groups in total. The molecule has 0 aliphatic heterocycles. The maximum atomic E-state index is 10.1. The van der Waals surface area contributed by atoms with E-state index in [9.17, 15) is 4.79 Å². The lowest BCUT2D eigenvalue weighted by molar-refractivity contribution is 0.111. The Bertz CT molecular complexity index is 488. The third-order valence-corrected chi connectivity index (χ3v) is 2.86. The highest BCUT2D eigenvalue weighted by atomic mass is 79.9. The molecule has 0 saturated carbocycles. The number of carbonyl (C=O) groups excluding carboxylic acids is 1. The van der Waals surface area contributed by atoms with Gasteiger partial charge in [-0.2, -0.15) is 0 Å². The molecule has 2 aromatic heterocycles. The van der Waals surface area contributed by atoms with E-state index in [2.05, 4.69) is 57.8 Å². The molecule has 2 rings (SSSR count). The first-order chi connectivity index (χ1) is 8.11. The predicted molar refractivity (Wildman–Crippen MR) is 77.0 cm³/mol. The Balaban J connectivity index is 0.000000171. The molecule has 0 atom stereocenters. The SMILES string of the molecule is Brc1cccc(Br)n1.O=Cc1cccc(Br)n1. The van der Waals surface area contributed by atoms with Crippen molar-refractivity contribution in [2.24, 2.45) is 0 Å². The molecule has 6 heteroatoms. The summed E-state index contributed by atoms with van der Waals surface area (Å²) in [6.45, 7) is 0. The summed E-state index contributed by atoms with van der Waals surface area (Å²) in [4.78, 5) is 17.9. The van der Waals surface area contributed by atoms with Gasteiger partial charge >= 0.3 is 0 Å². The summed E-state index contributed by atoms with van der Waals surface area (Å²) >= 11 is 9.57. The molecule has 0 aliphatic carbocycles. The standard InChI is InChI=1S/C6H4BrNO.C5H3Br2N/c7-6-3-1-2-5(4-9)8-6;6-4-2-1-3-5(7)8-4/h1-4H;1-3H. The Morgan fingerprint density at radius 2 is 1.29 bits per heavy atom. The van der Waals surface area contributed by atoms with Gasteiger partial charge in [0.15, 0.2) is 6.29 Å². The van der Waals surface area contributed by atoms with Gasteiger partial charge in [0.2, 0.25) is 0 Å². The largest absolute Gasteiger partial charge is 0.296 e. The molecule has 0 unspecified atom stereocenters. The molecular weight excluding hydrogens is 416 g/mol. The second-order valence-electron chi connectivity index (χ2n) is 2.79. The Hall–Kier alpha value is -0.590. The molecule has 0 fully saturated rings. The molecule has 0 saturated heterocycles. The van der Waals surface area contributed by atoms with E-state index in [-0.39, 0.29) is 0 Å². The number of hydrogen-bond donors (Lipinski definition) is 0. The normalized spacial score (nSPS) is 9.12. The van der Waals surface area contributed by atoms with Crippen molar-refractivity contribution in [1.82, 2.24) is 9.97 Å². The van der Waals surface area contributed by atoms with Crippen LogP contribution in [0.15, 0.2) is 50.2 Å². The summed E-state index contributed by atoms with van der Waals surface area (Å²) in [6.07, 6.45) is 0.713. The Labute approximate surface area is 124 Å². The fraction of sp³-hybridized carbons (Fsp3) is 0. The first-order valence-corrected chi connectivity index (χ1v) is 6.85. The van der Waals surface area contributed by atoms with Crippen LogP contribution < -0.4 is 0 Å². The highest BCUT2D eigenvalue weighted by Crippen LogP contribution is 2.10. The lowest BCUT2D eigenvalue weighted by atomic mass is 10.4. The Kier molecular flexibility index (Phi) is 6.54. The van der Waals surface area contributed by atoms with Gasteiger partial charge in [0.25, 0.3) is 0 Å². The zero-order valence-corrected chi connectivity index (χ0v) is 13.2. The van der Waals surface area contributed by atoms with Crippen LogP contribution in [0.2, 0.25) is 0 Å². The van der Waals surface area contributed by atoms with E-state index in [1.165, 1.54) is 0 Å². The zero-order valence-electron chi connectivity index (χ0n) is 8.48. The molecular formula is C11H7Br3N2O. The van der Waals surface area contributed by atoms with E-state index in [0.717, 1.165) is 9.21 Å². The van der Waals surface area contributed by atoms with Crippen LogP contribution in [0.1, 0.15) is 10.5 Å². The van der Waals surface area contributed by atoms with Gasteiger partial charge in [-0.05, 0) is 72.1 Å². The van der Waals surface area contributed by atoms with Crippen LogP contribution in [0.3, 0.4) is 0 Å². The number of nitrogens with zero attached hydrogens (tertiary/aromatic N) is 2. The van der Waals surface area contributed by atoms with Crippen LogP contribution in [0.4, 0.5) is 0 Å². The van der Waals surface area contributed by atoms with Crippen molar-refractivity contribution >= 4 is 54.1 Å². The number of pyridine rings is 2. The minimum atomic E-state index is 0.448. The van der Waals surface area contributed by atoms with Gasteiger partial charge in [0.1, 0.15) is 19.5 Å². The van der Waals surface area contributed by atoms with Crippen molar-refractivity contribution in [2.75, 3.05) is 0 Å². The summed E-state index contributed by atoms with van der Waals surface area (Å²) in [6, 6.07) is 10.9. The number of carbonyl (C=O) groups is 1. The highest BCUT2D eigenvalue weighted by molar-refractivity contribution is 9.11. The van der Waals surface area contributed by atoms with Crippen molar-refractivity contribution in [3.63, 3.8) is 0 Å². The van der Waals surface area contributed by atoms with Crippen LogP contribution in [-0.2, 0) is 0 Å². The molecule has 0 aliphatic rings. The predicted octanol–water partition coefficient (Wildman–Crippen LogP) is 4.26. The van der Waals surface area contributed by atoms with Crippen LogP contribution in [0, 0.1) is 0 Å². The first kappa shape index (κ1) is 14.5. The van der Waals surface area contributed by atoms with Crippen molar-refractivity contribution < 1.29 is 4.79 Å². The monoisotopic (exact) mass is 420 g/mol. The number of rotatable bonds is 1. The van der Waals surface area contributed by atoms with Crippen molar-refractivity contribution in [2.45, 2.75) is 0 Å². The summed E-state index contributed by atoms with van der Waals surface area (Å²) in [5.41, 5.74) is 0.448. The molecule has 2 heterocycles. The Morgan fingerprint density at radius 3 is 1.59 bits per heavy atom. The minimum Gasteiger partial charge on any atom is -0.296 e. The maximum absolute atomic E-state index is 10.1. The van der Waals surface area contributed by atoms with Gasteiger partial charge in [-0.3, -0.25) is 4.79 Å². The average molecular weight is 423 g/mol. The highest BCUT2D eigenvalue weighted by Gasteiger charge is 1.89. The zero-order chi connectivity index (χ0) is 12.7. The lowest BCUT2D eigenvalue weighted by Crippen LogP contribution is -1.83. The second-order valence-corrected chi connectivity index (χ2v) is 5.22. The lowest BCUT2D eigenvalue weighted by Gasteiger charge is -1.87. The van der Waals surface area contributed by atoms with E-state index >= 15 is 0 Å². The molecule has 0 spiro atoms. The third kappa shape index (κ3) is 6.05. The molecule has 88 valence electrons. The fourth-order valence-electron chi connectivity index (χ4n) is 0.873. The van der Waals surface area contributed by atoms with Crippen LogP contribution >= 0.6 is 47.8 Å². The van der Waals surface area contributed by atoms with E-state index in [0.29, 0.717) is 16.6 Å². The van der Waals surface area contributed by atoms with Crippen LogP contribution in [-0.4, -0.2) is 16.3 Å². The smallest absolute Gasteiger partial charge is 0.168 e. The van der Waals surface area contributed by atoms with Crippen LogP contribution in [0.25, 0.3) is 0 Å². The Morgan fingerprint density at radius 1 is 0.824 bits per heavy atom. The van der Waals surface area contributed by atoms with Crippen molar-refractivity contribution in [3.05, 3.63) is 55.9 Å². The topological polar surface area (TPSA) is 42.9 Å². The molecule has 3 nitrogen and oxygen atoms in total. The number of aromatic nitrogens is 2. The minimum absolute atomic E-state index is 0.448. The van der Waals surface area contributed by atoms with E-state index < -0.39 is 0 Å². The number of aldehydes is 1. The third-order valence-electron chi connectivity index (χ3n) is 1.54.